The van der Waals surface area contributed by atoms with E-state index in [4.69, 9.17) is 5.73 Å². The van der Waals surface area contributed by atoms with E-state index in [-0.39, 0.29) is 6.04 Å². The Bertz CT molecular complexity index is 320. The van der Waals surface area contributed by atoms with Crippen LogP contribution in [0.25, 0.3) is 0 Å². The van der Waals surface area contributed by atoms with Crippen molar-refractivity contribution in [1.82, 2.24) is 0 Å². The molecule has 0 radical (unpaired) electrons. The van der Waals surface area contributed by atoms with Crippen LogP contribution in [-0.4, -0.2) is 0 Å². The van der Waals surface area contributed by atoms with Crippen LogP contribution in [0.2, 0.25) is 0 Å². The van der Waals surface area contributed by atoms with Crippen LogP contribution >= 0.6 is 15.9 Å². The summed E-state index contributed by atoms with van der Waals surface area (Å²) in [6, 6.07) is 4.68. The van der Waals surface area contributed by atoms with Gasteiger partial charge < -0.3 is 5.73 Å². The largest absolute Gasteiger partial charge is 0.324 e. The molecule has 1 atom stereocenters. The fraction of sp³-hybridized carbons (Fsp3) is 0.400. The number of benzene rings is 1. The lowest BCUT2D eigenvalue weighted by molar-refractivity contribution is 0.713. The fourth-order valence-electron chi connectivity index (χ4n) is 1.77. The van der Waals surface area contributed by atoms with Gasteiger partial charge in [-0.3, -0.25) is 0 Å². The van der Waals surface area contributed by atoms with Crippen LogP contribution in [0.5, 0.6) is 0 Å². The van der Waals surface area contributed by atoms with E-state index in [2.05, 4.69) is 35.0 Å². The topological polar surface area (TPSA) is 26.0 Å². The van der Waals surface area contributed by atoms with Crippen molar-refractivity contribution < 1.29 is 0 Å². The number of hydrogen-bond donors (Lipinski definition) is 1. The Hall–Kier alpha value is -0.340. The molecule has 0 bridgehead atoms. The smallest absolute Gasteiger partial charge is 0.0300 e. The van der Waals surface area contributed by atoms with Crippen LogP contribution in [-0.2, 0) is 6.42 Å². The maximum absolute atomic E-state index is 5.95. The molecule has 0 aromatic heterocycles. The minimum absolute atomic E-state index is 0.270. The van der Waals surface area contributed by atoms with Gasteiger partial charge in [-0.2, -0.15) is 0 Å². The summed E-state index contributed by atoms with van der Waals surface area (Å²) in [5, 5.41) is 0. The molecule has 2 N–H and O–H groups in total. The van der Waals surface area contributed by atoms with E-state index in [0.29, 0.717) is 0 Å². The van der Waals surface area contributed by atoms with Crippen molar-refractivity contribution in [1.29, 1.82) is 0 Å². The molecule has 64 valence electrons. The number of nitrogens with two attached hydrogens (primary N) is 1. The first-order valence-corrected chi connectivity index (χ1v) is 5.02. The lowest BCUT2D eigenvalue weighted by atomic mass is 10.1. The Kier molecular flexibility index (Phi) is 1.97. The van der Waals surface area contributed by atoms with Crippen LogP contribution in [0.3, 0.4) is 0 Å². The van der Waals surface area contributed by atoms with E-state index in [1.807, 2.05) is 0 Å². The maximum Gasteiger partial charge on any atom is 0.0300 e. The van der Waals surface area contributed by atoms with Crippen molar-refractivity contribution in [3.05, 3.63) is 33.3 Å². The van der Waals surface area contributed by atoms with E-state index >= 15 is 0 Å². The lowest BCUT2D eigenvalue weighted by Gasteiger charge is -2.06. The zero-order valence-corrected chi connectivity index (χ0v) is 8.69. The molecule has 0 saturated heterocycles. The van der Waals surface area contributed by atoms with E-state index in [1.165, 1.54) is 21.2 Å². The number of fused-ring (bicyclic) bond motifs is 1. The van der Waals surface area contributed by atoms with E-state index in [9.17, 15) is 0 Å². The molecule has 0 heterocycles. The third-order valence-electron chi connectivity index (χ3n) is 2.54. The second-order valence-electron chi connectivity index (χ2n) is 3.45. The van der Waals surface area contributed by atoms with Crippen molar-refractivity contribution >= 4 is 15.9 Å². The quantitative estimate of drug-likeness (QED) is 0.723. The number of rotatable bonds is 0. The van der Waals surface area contributed by atoms with Crippen molar-refractivity contribution in [2.75, 3.05) is 0 Å². The number of halogens is 1. The van der Waals surface area contributed by atoms with Crippen LogP contribution in [0.15, 0.2) is 16.6 Å². The molecule has 1 aromatic rings. The van der Waals surface area contributed by atoms with Crippen molar-refractivity contribution in [2.24, 2.45) is 5.73 Å². The summed E-state index contributed by atoms with van der Waals surface area (Å²) in [6.07, 6.45) is 2.24. The van der Waals surface area contributed by atoms with Gasteiger partial charge in [-0.25, -0.2) is 0 Å². The molecule has 0 unspecified atom stereocenters. The van der Waals surface area contributed by atoms with Crippen LogP contribution in [0.4, 0.5) is 0 Å². The second-order valence-corrected chi connectivity index (χ2v) is 4.30. The molecule has 0 aliphatic heterocycles. The first-order chi connectivity index (χ1) is 5.68. The Balaban J connectivity index is 2.56. The summed E-state index contributed by atoms with van der Waals surface area (Å²) in [5.41, 5.74) is 9.99. The molecule has 0 spiro atoms. The summed E-state index contributed by atoms with van der Waals surface area (Å²) in [4.78, 5) is 0. The van der Waals surface area contributed by atoms with E-state index in [1.54, 1.807) is 0 Å². The van der Waals surface area contributed by atoms with Crippen LogP contribution in [0, 0.1) is 6.92 Å². The molecule has 0 amide bonds. The normalized spacial score (nSPS) is 21.1. The van der Waals surface area contributed by atoms with Crippen LogP contribution < -0.4 is 5.73 Å². The zero-order chi connectivity index (χ0) is 8.72. The Morgan fingerprint density at radius 1 is 1.50 bits per heavy atom. The van der Waals surface area contributed by atoms with Gasteiger partial charge in [0.15, 0.2) is 0 Å². The van der Waals surface area contributed by atoms with Gasteiger partial charge in [0.1, 0.15) is 0 Å². The molecule has 0 fully saturated rings. The van der Waals surface area contributed by atoms with Gasteiger partial charge in [0.2, 0.25) is 0 Å². The van der Waals surface area contributed by atoms with Gasteiger partial charge in [-0.05, 0) is 42.5 Å². The van der Waals surface area contributed by atoms with Gasteiger partial charge in [-0.15, -0.1) is 0 Å². The van der Waals surface area contributed by atoms with Crippen molar-refractivity contribution in [3.8, 4) is 0 Å². The average molecular weight is 226 g/mol. The molecule has 1 aliphatic carbocycles. The predicted octanol–water partition coefficient (Wildman–Crippen LogP) is 2.70. The first kappa shape index (κ1) is 8.27. The summed E-state index contributed by atoms with van der Waals surface area (Å²) < 4.78 is 1.20. The van der Waals surface area contributed by atoms with E-state index in [0.717, 1.165) is 12.8 Å². The zero-order valence-electron chi connectivity index (χ0n) is 7.10. The Labute approximate surface area is 81.1 Å². The Morgan fingerprint density at radius 2 is 2.25 bits per heavy atom. The molecular weight excluding hydrogens is 214 g/mol. The first-order valence-electron chi connectivity index (χ1n) is 4.23. The maximum atomic E-state index is 5.95. The Morgan fingerprint density at radius 3 is 3.00 bits per heavy atom. The molecule has 1 nitrogen and oxygen atoms in total. The van der Waals surface area contributed by atoms with Gasteiger partial charge in [0.25, 0.3) is 0 Å². The lowest BCUT2D eigenvalue weighted by Crippen LogP contribution is -2.05. The molecule has 1 aliphatic rings. The molecule has 12 heavy (non-hydrogen) atoms. The minimum atomic E-state index is 0.270. The molecule has 0 saturated carbocycles. The minimum Gasteiger partial charge on any atom is -0.324 e. The summed E-state index contributed by atoms with van der Waals surface area (Å²) in [7, 11) is 0. The summed E-state index contributed by atoms with van der Waals surface area (Å²) in [6.45, 7) is 2.11. The number of hydrogen-bond acceptors (Lipinski definition) is 1. The second kappa shape index (κ2) is 2.86. The SMILES string of the molecule is Cc1cc2c(cc1Br)CC[C@H]2N. The van der Waals surface area contributed by atoms with Crippen molar-refractivity contribution in [3.63, 3.8) is 0 Å². The van der Waals surface area contributed by atoms with Gasteiger partial charge in [0, 0.05) is 10.5 Å². The number of aryl methyl sites for hydroxylation is 2. The van der Waals surface area contributed by atoms with Gasteiger partial charge in [0.05, 0.1) is 0 Å². The van der Waals surface area contributed by atoms with E-state index < -0.39 is 0 Å². The summed E-state index contributed by atoms with van der Waals surface area (Å²) >= 11 is 3.53. The fourth-order valence-corrected chi connectivity index (χ4v) is 2.16. The third kappa shape index (κ3) is 1.19. The molecule has 1 aromatic carbocycles. The van der Waals surface area contributed by atoms with Crippen LogP contribution in [0.1, 0.15) is 29.2 Å². The standard InChI is InChI=1S/C10H12BrN/c1-6-4-8-7(5-9(6)11)2-3-10(8)12/h4-5,10H,2-3,12H2,1H3/t10-/m1/s1. The molecular formula is C10H12BrN. The molecule has 2 heteroatoms. The van der Waals surface area contributed by atoms with Crippen molar-refractivity contribution in [2.45, 2.75) is 25.8 Å². The third-order valence-corrected chi connectivity index (χ3v) is 3.40. The highest BCUT2D eigenvalue weighted by atomic mass is 79.9. The molecule has 2 rings (SSSR count). The monoisotopic (exact) mass is 225 g/mol. The average Bonchev–Trinajstić information content (AvgIpc) is 2.35. The predicted molar refractivity (Wildman–Crippen MR) is 54.1 cm³/mol. The van der Waals surface area contributed by atoms with Gasteiger partial charge >= 0.3 is 0 Å². The highest BCUT2D eigenvalue weighted by Gasteiger charge is 2.19. The summed E-state index contributed by atoms with van der Waals surface area (Å²) in [5.74, 6) is 0. The highest BCUT2D eigenvalue weighted by molar-refractivity contribution is 9.10. The van der Waals surface area contributed by atoms with Gasteiger partial charge in [-0.1, -0.05) is 22.0 Å². The highest BCUT2D eigenvalue weighted by Crippen LogP contribution is 2.32.